The summed E-state index contributed by atoms with van der Waals surface area (Å²) in [5.41, 5.74) is 3.02. The van der Waals surface area contributed by atoms with Gasteiger partial charge in [-0.1, -0.05) is 52.3 Å². The van der Waals surface area contributed by atoms with E-state index in [1.54, 1.807) is 19.1 Å². The first-order valence-corrected chi connectivity index (χ1v) is 14.5. The predicted octanol–water partition coefficient (Wildman–Crippen LogP) is 6.84. The summed E-state index contributed by atoms with van der Waals surface area (Å²) >= 11 is 0. The van der Waals surface area contributed by atoms with E-state index in [0.717, 1.165) is 49.9 Å². The van der Waals surface area contributed by atoms with E-state index in [9.17, 15) is 9.59 Å². The normalized spacial score (nSPS) is 23.7. The number of halogens is 1. The van der Waals surface area contributed by atoms with E-state index in [2.05, 4.69) is 13.5 Å². The number of esters is 1. The van der Waals surface area contributed by atoms with E-state index in [1.165, 1.54) is 6.07 Å². The molecule has 0 spiro atoms. The lowest BCUT2D eigenvalue weighted by molar-refractivity contribution is -0.144. The molecular formula is C32H44FN3O3. The van der Waals surface area contributed by atoms with Crippen LogP contribution >= 0.6 is 0 Å². The van der Waals surface area contributed by atoms with Gasteiger partial charge in [0.25, 0.3) is 5.91 Å². The van der Waals surface area contributed by atoms with E-state index in [0.29, 0.717) is 35.7 Å². The molecule has 3 aliphatic rings. The highest BCUT2D eigenvalue weighted by Gasteiger charge is 2.45. The average molecular weight is 538 g/mol. The van der Waals surface area contributed by atoms with Crippen LogP contribution in [0.4, 0.5) is 4.39 Å². The van der Waals surface area contributed by atoms with Gasteiger partial charge in [-0.2, -0.15) is 0 Å². The van der Waals surface area contributed by atoms with Gasteiger partial charge in [0.05, 0.1) is 12.5 Å². The first-order valence-electron chi connectivity index (χ1n) is 14.5. The Morgan fingerprint density at radius 2 is 1.95 bits per heavy atom. The van der Waals surface area contributed by atoms with E-state index in [1.807, 2.05) is 49.8 Å². The molecule has 212 valence electrons. The lowest BCUT2D eigenvalue weighted by atomic mass is 10.0. The number of ether oxygens (including phenoxy) is 1. The topological polar surface area (TPSA) is 62.2 Å². The molecule has 7 heteroatoms. The molecule has 3 unspecified atom stereocenters. The van der Waals surface area contributed by atoms with E-state index in [-0.39, 0.29) is 29.8 Å². The summed E-state index contributed by atoms with van der Waals surface area (Å²) in [5, 5.41) is 0. The number of nitrogens with zero attached hydrogens (tertiary/aromatic N) is 3. The van der Waals surface area contributed by atoms with Gasteiger partial charge in [-0.25, -0.2) is 9.38 Å². The SMILES string of the molecule is C=C(/C=C1/N=C(C(=O)N2CCCCCC2C)C=C(CC)N1C)c1ccc(C2CC2C(=O)OCC)cc1F.CC. The van der Waals surface area contributed by atoms with Crippen LogP contribution in [0.25, 0.3) is 5.57 Å². The summed E-state index contributed by atoms with van der Waals surface area (Å²) in [4.78, 5) is 34.0. The Morgan fingerprint density at radius 3 is 2.62 bits per heavy atom. The van der Waals surface area contributed by atoms with Crippen LogP contribution < -0.4 is 0 Å². The Balaban J connectivity index is 0.00000205. The Kier molecular flexibility index (Phi) is 10.7. The van der Waals surface area contributed by atoms with Gasteiger partial charge in [0.1, 0.15) is 17.3 Å². The molecule has 0 aromatic heterocycles. The summed E-state index contributed by atoms with van der Waals surface area (Å²) in [5.74, 6) is -0.302. The number of amides is 1. The number of benzene rings is 1. The smallest absolute Gasteiger partial charge is 0.309 e. The number of hydrogen-bond donors (Lipinski definition) is 0. The second kappa shape index (κ2) is 13.7. The molecule has 2 heterocycles. The van der Waals surface area contributed by atoms with Crippen LogP contribution in [0.15, 0.2) is 53.4 Å². The van der Waals surface area contributed by atoms with Crippen LogP contribution in [0.2, 0.25) is 0 Å². The number of aliphatic imine (C=N–C) groups is 1. The Hall–Kier alpha value is -3.22. The van der Waals surface area contributed by atoms with Gasteiger partial charge in [-0.3, -0.25) is 9.59 Å². The molecule has 1 saturated carbocycles. The molecule has 1 saturated heterocycles. The van der Waals surface area contributed by atoms with Crippen molar-refractivity contribution in [3.63, 3.8) is 0 Å². The van der Waals surface area contributed by atoms with Crippen molar-refractivity contribution in [2.24, 2.45) is 10.9 Å². The molecule has 3 atom stereocenters. The van der Waals surface area contributed by atoms with Crippen LogP contribution in [0.1, 0.15) is 90.2 Å². The van der Waals surface area contributed by atoms with Crippen molar-refractivity contribution < 1.29 is 18.7 Å². The molecular weight excluding hydrogens is 493 g/mol. The van der Waals surface area contributed by atoms with Crippen molar-refractivity contribution in [3.05, 3.63) is 65.4 Å². The Labute approximate surface area is 233 Å². The molecule has 2 fully saturated rings. The summed E-state index contributed by atoms with van der Waals surface area (Å²) in [6.45, 7) is 15.1. The minimum absolute atomic E-state index is 0.00417. The zero-order chi connectivity index (χ0) is 28.7. The number of likely N-dealkylation sites (tertiary alicyclic amines) is 1. The fraction of sp³-hybridized carbons (Fsp3) is 0.531. The zero-order valence-electron chi connectivity index (χ0n) is 24.4. The Morgan fingerprint density at radius 1 is 1.21 bits per heavy atom. The minimum atomic E-state index is -0.391. The maximum atomic E-state index is 15.2. The molecule has 6 nitrogen and oxygen atoms in total. The highest BCUT2D eigenvalue weighted by Crippen LogP contribution is 2.48. The molecule has 0 N–H and O–H groups in total. The lowest BCUT2D eigenvalue weighted by Gasteiger charge is -2.31. The molecule has 1 amide bonds. The van der Waals surface area contributed by atoms with Crippen LogP contribution in [0.3, 0.4) is 0 Å². The predicted molar refractivity (Wildman–Crippen MR) is 156 cm³/mol. The van der Waals surface area contributed by atoms with E-state index in [4.69, 9.17) is 9.73 Å². The summed E-state index contributed by atoms with van der Waals surface area (Å²) in [6.07, 6.45) is 9.29. The van der Waals surface area contributed by atoms with Crippen molar-refractivity contribution >= 4 is 23.2 Å². The van der Waals surface area contributed by atoms with Crippen LogP contribution in [0, 0.1) is 11.7 Å². The van der Waals surface area contributed by atoms with Crippen molar-refractivity contribution in [2.75, 3.05) is 20.2 Å². The number of hydrogen-bond acceptors (Lipinski definition) is 5. The third-order valence-corrected chi connectivity index (χ3v) is 7.66. The monoisotopic (exact) mass is 537 g/mol. The third kappa shape index (κ3) is 7.06. The minimum Gasteiger partial charge on any atom is -0.466 e. The molecule has 0 radical (unpaired) electrons. The van der Waals surface area contributed by atoms with Gasteiger partial charge < -0.3 is 14.5 Å². The second-order valence-electron chi connectivity index (χ2n) is 10.2. The van der Waals surface area contributed by atoms with Crippen molar-refractivity contribution in [1.82, 2.24) is 9.80 Å². The van der Waals surface area contributed by atoms with Crippen LogP contribution in [-0.4, -0.2) is 53.6 Å². The highest BCUT2D eigenvalue weighted by atomic mass is 19.1. The number of carbonyl (C=O) groups is 2. The first kappa shape index (κ1) is 30.3. The van der Waals surface area contributed by atoms with E-state index < -0.39 is 5.82 Å². The van der Waals surface area contributed by atoms with Gasteiger partial charge in [-0.15, -0.1) is 0 Å². The van der Waals surface area contributed by atoms with E-state index >= 15 is 4.39 Å². The molecule has 4 rings (SSSR count). The number of carbonyl (C=O) groups excluding carboxylic acids is 2. The van der Waals surface area contributed by atoms with Gasteiger partial charge in [0.2, 0.25) is 0 Å². The highest BCUT2D eigenvalue weighted by molar-refractivity contribution is 6.43. The van der Waals surface area contributed by atoms with Gasteiger partial charge in [-0.05, 0) is 74.8 Å². The van der Waals surface area contributed by atoms with Crippen LogP contribution in [0.5, 0.6) is 0 Å². The molecule has 1 aromatic rings. The van der Waals surface area contributed by atoms with Crippen molar-refractivity contribution in [2.45, 2.75) is 85.1 Å². The lowest BCUT2D eigenvalue weighted by Crippen LogP contribution is -2.43. The van der Waals surface area contributed by atoms with Gasteiger partial charge in [0.15, 0.2) is 0 Å². The molecule has 1 aromatic carbocycles. The van der Waals surface area contributed by atoms with Gasteiger partial charge >= 0.3 is 5.97 Å². The van der Waals surface area contributed by atoms with Crippen LogP contribution in [-0.2, 0) is 14.3 Å². The number of rotatable bonds is 7. The molecule has 1 aliphatic carbocycles. The molecule has 0 bridgehead atoms. The fourth-order valence-electron chi connectivity index (χ4n) is 5.26. The third-order valence-electron chi connectivity index (χ3n) is 7.66. The maximum absolute atomic E-state index is 15.2. The summed E-state index contributed by atoms with van der Waals surface area (Å²) in [7, 11) is 1.90. The molecule has 2 aliphatic heterocycles. The average Bonchev–Trinajstić information content (AvgIpc) is 3.76. The molecule has 39 heavy (non-hydrogen) atoms. The largest absolute Gasteiger partial charge is 0.466 e. The standard InChI is InChI=1S/C30H38FN3O3.C2H6/c1-6-22-17-27(29(35)34-14-10-8-9-11-20(34)4)32-28(33(22)5)15-19(3)23-13-12-21(16-26(23)31)24-18-25(24)30(36)37-7-2;1-2/h12-13,15-17,20,24-25H,3,6-11,14,18H2,1-2,4-5H3;1-2H3/b28-15-;. The fourth-order valence-corrected chi connectivity index (χ4v) is 5.26. The first-order chi connectivity index (χ1) is 18.7. The van der Waals surface area contributed by atoms with Crippen molar-refractivity contribution in [3.8, 4) is 0 Å². The van der Waals surface area contributed by atoms with Crippen molar-refractivity contribution in [1.29, 1.82) is 0 Å². The zero-order valence-corrected chi connectivity index (χ0v) is 24.4. The second-order valence-corrected chi connectivity index (χ2v) is 10.2. The Bertz CT molecular complexity index is 1170. The summed E-state index contributed by atoms with van der Waals surface area (Å²) in [6, 6.07) is 5.23. The maximum Gasteiger partial charge on any atom is 0.309 e. The summed E-state index contributed by atoms with van der Waals surface area (Å²) < 4.78 is 20.3. The quantitative estimate of drug-likeness (QED) is 0.357. The number of allylic oxidation sites excluding steroid dienone is 3. The van der Waals surface area contributed by atoms with Gasteiger partial charge in [0, 0.05) is 30.9 Å².